The van der Waals surface area contributed by atoms with Crippen LogP contribution in [0.1, 0.15) is 51.4 Å². The van der Waals surface area contributed by atoms with Gasteiger partial charge >= 0.3 is 0 Å². The molecule has 2 aromatic carbocycles. The number of thioether (sulfide) groups is 1. The molecule has 0 atom stereocenters. The molecule has 6 nitrogen and oxygen atoms in total. The normalized spacial score (nSPS) is 16.8. The Morgan fingerprint density at radius 3 is 2.56 bits per heavy atom. The number of nitriles is 1. The summed E-state index contributed by atoms with van der Waals surface area (Å²) in [6, 6.07) is 22.1. The molecule has 1 aliphatic heterocycles. The molecule has 1 amide bonds. The Kier molecular flexibility index (Phi) is 7.57. The van der Waals surface area contributed by atoms with Gasteiger partial charge in [-0.15, -0.1) is 11.3 Å². The van der Waals surface area contributed by atoms with Crippen molar-refractivity contribution in [2.75, 3.05) is 7.11 Å². The lowest BCUT2D eigenvalue weighted by molar-refractivity contribution is -0.122. The molecule has 3 heterocycles. The molecule has 1 fully saturated rings. The van der Waals surface area contributed by atoms with Gasteiger partial charge in [0.1, 0.15) is 16.8 Å². The summed E-state index contributed by atoms with van der Waals surface area (Å²) in [7, 11) is 1.64. The third-order valence-corrected chi connectivity index (χ3v) is 9.88. The lowest BCUT2D eigenvalue weighted by atomic mass is 9.96. The van der Waals surface area contributed by atoms with Crippen LogP contribution in [0.3, 0.4) is 0 Å². The Morgan fingerprint density at radius 1 is 1.07 bits per heavy atom. The predicted octanol–water partition coefficient (Wildman–Crippen LogP) is 7.72. The number of fused-ring (bicyclic) bond motifs is 1. The number of carbonyl (C=O) groups is 1. The van der Waals surface area contributed by atoms with Crippen LogP contribution in [-0.4, -0.2) is 27.7 Å². The molecule has 2 aromatic heterocycles. The van der Waals surface area contributed by atoms with Crippen LogP contribution in [0.2, 0.25) is 0 Å². The Bertz CT molecular complexity index is 1720. The summed E-state index contributed by atoms with van der Waals surface area (Å²) in [6.45, 7) is 4.54. The van der Waals surface area contributed by atoms with E-state index >= 15 is 0 Å². The van der Waals surface area contributed by atoms with Gasteiger partial charge in [0.2, 0.25) is 0 Å². The summed E-state index contributed by atoms with van der Waals surface area (Å²) in [4.78, 5) is 22.4. The molecule has 1 saturated heterocycles. The molecule has 0 bridgehead atoms. The average Bonchev–Trinajstić information content (AvgIpc) is 3.60. The van der Waals surface area contributed by atoms with E-state index in [0.29, 0.717) is 16.6 Å². The molecule has 0 radical (unpaired) electrons. The number of hydrogen-bond acceptors (Lipinski definition) is 6. The van der Waals surface area contributed by atoms with Crippen LogP contribution in [0.5, 0.6) is 5.75 Å². The van der Waals surface area contributed by atoms with Gasteiger partial charge in [0.25, 0.3) is 5.91 Å². The minimum Gasteiger partial charge on any atom is -0.497 e. The van der Waals surface area contributed by atoms with E-state index in [-0.39, 0.29) is 5.91 Å². The second-order valence-corrected chi connectivity index (χ2v) is 12.3. The molecule has 4 aromatic rings. The van der Waals surface area contributed by atoms with Crippen molar-refractivity contribution >= 4 is 45.9 Å². The summed E-state index contributed by atoms with van der Waals surface area (Å²) < 4.78 is 7.49. The molecule has 0 spiro atoms. The lowest BCUT2D eigenvalue weighted by Gasteiger charge is -2.16. The van der Waals surface area contributed by atoms with Crippen LogP contribution in [0, 0.1) is 25.2 Å². The second-order valence-electron chi connectivity index (χ2n) is 10.2. The number of rotatable bonds is 6. The number of aromatic nitrogens is 1. The molecule has 41 heavy (non-hydrogen) atoms. The molecule has 0 unspecified atom stereocenters. The van der Waals surface area contributed by atoms with Crippen LogP contribution >= 0.6 is 23.1 Å². The van der Waals surface area contributed by atoms with Crippen LogP contribution < -0.4 is 4.74 Å². The number of aliphatic imine (C=N–C) groups is 1. The fourth-order valence-electron chi connectivity index (χ4n) is 5.47. The topological polar surface area (TPSA) is 70.6 Å². The van der Waals surface area contributed by atoms with E-state index in [1.807, 2.05) is 60.7 Å². The van der Waals surface area contributed by atoms with Crippen molar-refractivity contribution in [2.45, 2.75) is 46.1 Å². The molecule has 0 N–H and O–H groups in total. The zero-order valence-electron chi connectivity index (χ0n) is 23.3. The number of aryl methyl sites for hydroxylation is 2. The highest BCUT2D eigenvalue weighted by atomic mass is 32.2. The van der Waals surface area contributed by atoms with E-state index in [2.05, 4.69) is 30.6 Å². The van der Waals surface area contributed by atoms with Crippen LogP contribution in [0.25, 0.3) is 11.1 Å². The van der Waals surface area contributed by atoms with E-state index in [0.717, 1.165) is 63.8 Å². The maximum atomic E-state index is 13.8. The van der Waals surface area contributed by atoms with Crippen molar-refractivity contribution in [3.63, 3.8) is 0 Å². The molecule has 0 saturated carbocycles. The SMILES string of the molecule is COc1ccc(CN2C(=O)/C(=C/c3cc(C)n(-c4sc5c(c4C#N)CCCC5)c3C)SC2=Nc2ccccc2)cc1. The molecule has 206 valence electrons. The smallest absolute Gasteiger partial charge is 0.267 e. The molecule has 1 aliphatic carbocycles. The molecular formula is C33H30N4O2S2. The monoisotopic (exact) mass is 578 g/mol. The number of carbonyl (C=O) groups excluding carboxylic acids is 1. The van der Waals surface area contributed by atoms with Gasteiger partial charge in [-0.25, -0.2) is 4.99 Å². The first-order valence-corrected chi connectivity index (χ1v) is 15.3. The van der Waals surface area contributed by atoms with Gasteiger partial charge in [-0.3, -0.25) is 9.69 Å². The zero-order chi connectivity index (χ0) is 28.5. The summed E-state index contributed by atoms with van der Waals surface area (Å²) in [5, 5.41) is 11.7. The van der Waals surface area contributed by atoms with Gasteiger partial charge in [-0.2, -0.15) is 5.26 Å². The zero-order valence-corrected chi connectivity index (χ0v) is 24.9. The number of amidine groups is 1. The third-order valence-electron chi connectivity index (χ3n) is 7.59. The predicted molar refractivity (Wildman–Crippen MR) is 167 cm³/mol. The maximum absolute atomic E-state index is 13.8. The Hall–Kier alpha value is -4.06. The van der Waals surface area contributed by atoms with Crippen LogP contribution in [-0.2, 0) is 24.2 Å². The van der Waals surface area contributed by atoms with Gasteiger partial charge in [0.15, 0.2) is 5.17 Å². The highest BCUT2D eigenvalue weighted by molar-refractivity contribution is 8.18. The number of amides is 1. The highest BCUT2D eigenvalue weighted by Gasteiger charge is 2.34. The first-order chi connectivity index (χ1) is 20.0. The summed E-state index contributed by atoms with van der Waals surface area (Å²) in [5.74, 6) is 0.700. The van der Waals surface area contributed by atoms with E-state index in [4.69, 9.17) is 9.73 Å². The number of para-hydroxylation sites is 1. The van der Waals surface area contributed by atoms with Crippen molar-refractivity contribution in [2.24, 2.45) is 4.99 Å². The van der Waals surface area contributed by atoms with Gasteiger partial charge in [-0.05, 0) is 104 Å². The average molecular weight is 579 g/mol. The first kappa shape index (κ1) is 27.1. The van der Waals surface area contributed by atoms with Crippen molar-refractivity contribution in [3.8, 4) is 16.8 Å². The maximum Gasteiger partial charge on any atom is 0.267 e. The van der Waals surface area contributed by atoms with Gasteiger partial charge in [0.05, 0.1) is 29.8 Å². The van der Waals surface area contributed by atoms with Crippen molar-refractivity contribution < 1.29 is 9.53 Å². The first-order valence-electron chi connectivity index (χ1n) is 13.7. The van der Waals surface area contributed by atoms with Gasteiger partial charge in [-0.1, -0.05) is 30.3 Å². The largest absolute Gasteiger partial charge is 0.497 e. The summed E-state index contributed by atoms with van der Waals surface area (Å²) >= 11 is 3.14. The fraction of sp³-hybridized carbons (Fsp3) is 0.242. The quantitative estimate of drug-likeness (QED) is 0.220. The Labute approximate surface area is 248 Å². The number of benzene rings is 2. The number of ether oxygens (including phenoxy) is 1. The highest BCUT2D eigenvalue weighted by Crippen LogP contribution is 2.40. The number of nitrogens with zero attached hydrogens (tertiary/aromatic N) is 4. The fourth-order valence-corrected chi connectivity index (χ4v) is 7.91. The van der Waals surface area contributed by atoms with Crippen molar-refractivity contribution in [1.82, 2.24) is 9.47 Å². The van der Waals surface area contributed by atoms with Crippen LogP contribution in [0.15, 0.2) is 70.6 Å². The lowest BCUT2D eigenvalue weighted by Crippen LogP contribution is -2.28. The molecule has 8 heteroatoms. The molecular weight excluding hydrogens is 549 g/mol. The number of hydrogen-bond donors (Lipinski definition) is 0. The van der Waals surface area contributed by atoms with Crippen molar-refractivity contribution in [1.29, 1.82) is 5.26 Å². The minimum absolute atomic E-state index is 0.0744. The van der Waals surface area contributed by atoms with E-state index in [9.17, 15) is 10.1 Å². The second kappa shape index (κ2) is 11.4. The number of methoxy groups -OCH3 is 1. The van der Waals surface area contributed by atoms with E-state index < -0.39 is 0 Å². The van der Waals surface area contributed by atoms with E-state index in [1.54, 1.807) is 23.3 Å². The minimum atomic E-state index is -0.0744. The summed E-state index contributed by atoms with van der Waals surface area (Å²) in [5.41, 5.74) is 6.86. The number of thiophene rings is 1. The van der Waals surface area contributed by atoms with Gasteiger partial charge < -0.3 is 9.30 Å². The third kappa shape index (κ3) is 5.23. The molecule has 2 aliphatic rings. The summed E-state index contributed by atoms with van der Waals surface area (Å²) in [6.07, 6.45) is 6.31. The Balaban J connectivity index is 1.37. The molecule has 6 rings (SSSR count). The van der Waals surface area contributed by atoms with Gasteiger partial charge in [0, 0.05) is 16.3 Å². The van der Waals surface area contributed by atoms with Crippen molar-refractivity contribution in [3.05, 3.63) is 104 Å². The van der Waals surface area contributed by atoms with E-state index in [1.165, 1.54) is 28.6 Å². The Morgan fingerprint density at radius 2 is 1.83 bits per heavy atom. The standard InChI is InChI=1S/C33H30N4O2S2/c1-21-17-24(22(2)37(21)32-28(19-34)27-11-7-8-12-29(27)40-32)18-30-31(38)36(20-23-13-15-26(39-3)16-14-23)33(41-30)35-25-9-5-4-6-10-25/h4-6,9-10,13-18H,7-8,11-12,20H2,1-3H3/b30-18-,35-33?. The van der Waals surface area contributed by atoms with Crippen LogP contribution in [0.4, 0.5) is 5.69 Å².